The molecule has 2 atom stereocenters. The zero-order valence-electron chi connectivity index (χ0n) is 16.1. The summed E-state index contributed by atoms with van der Waals surface area (Å²) in [4.78, 5) is 6.99. The van der Waals surface area contributed by atoms with Crippen molar-refractivity contribution in [2.24, 2.45) is 11.8 Å². The Morgan fingerprint density at radius 3 is 2.81 bits per heavy atom. The first kappa shape index (κ1) is 18.9. The van der Waals surface area contributed by atoms with Gasteiger partial charge >= 0.3 is 0 Å². The maximum absolute atomic E-state index is 5.86. The third kappa shape index (κ3) is 5.05. The number of likely N-dealkylation sites (tertiary alicyclic amines) is 1. The van der Waals surface area contributed by atoms with Gasteiger partial charge in [0.1, 0.15) is 11.9 Å². The van der Waals surface area contributed by atoms with Gasteiger partial charge in [0.05, 0.1) is 12.3 Å². The lowest BCUT2D eigenvalue weighted by Crippen LogP contribution is -2.23. The van der Waals surface area contributed by atoms with Crippen LogP contribution in [0.5, 0.6) is 5.75 Å². The monoisotopic (exact) mass is 354 g/mol. The van der Waals surface area contributed by atoms with Gasteiger partial charge in [-0.2, -0.15) is 0 Å². The topological polar surface area (TPSA) is 34.6 Å². The van der Waals surface area contributed by atoms with Crippen LogP contribution in [0.2, 0.25) is 0 Å². The van der Waals surface area contributed by atoms with Crippen molar-refractivity contribution in [2.45, 2.75) is 32.9 Å². The Balaban J connectivity index is 1.58. The van der Waals surface area contributed by atoms with Crippen LogP contribution < -0.4 is 4.74 Å². The van der Waals surface area contributed by atoms with Crippen molar-refractivity contribution >= 4 is 0 Å². The van der Waals surface area contributed by atoms with Crippen LogP contribution in [0, 0.1) is 11.8 Å². The Bertz CT molecular complexity index is 675. The Morgan fingerprint density at radius 2 is 2.08 bits per heavy atom. The van der Waals surface area contributed by atoms with E-state index in [0.717, 1.165) is 44.1 Å². The smallest absolute Gasteiger partial charge is 0.119 e. The molecule has 140 valence electrons. The SMILES string of the molecule is COC(c1ccccn1)C1CCN(Cc2cccc(OCC(C)C)c2)C1. The van der Waals surface area contributed by atoms with E-state index in [1.807, 2.05) is 24.4 Å². The summed E-state index contributed by atoms with van der Waals surface area (Å²) < 4.78 is 11.6. The first-order chi connectivity index (χ1) is 12.7. The Kier molecular flexibility index (Phi) is 6.64. The molecular formula is C22H30N2O2. The average molecular weight is 354 g/mol. The van der Waals surface area contributed by atoms with Crippen LogP contribution in [-0.2, 0) is 11.3 Å². The molecule has 0 N–H and O–H groups in total. The highest BCUT2D eigenvalue weighted by molar-refractivity contribution is 5.28. The van der Waals surface area contributed by atoms with Gasteiger partial charge in [-0.3, -0.25) is 9.88 Å². The molecule has 4 heteroatoms. The fraction of sp³-hybridized carbons (Fsp3) is 0.500. The van der Waals surface area contributed by atoms with E-state index in [9.17, 15) is 0 Å². The van der Waals surface area contributed by atoms with E-state index in [2.05, 4.69) is 48.0 Å². The first-order valence-corrected chi connectivity index (χ1v) is 9.53. The molecule has 1 aromatic heterocycles. The summed E-state index contributed by atoms with van der Waals surface area (Å²) in [5.41, 5.74) is 2.34. The maximum Gasteiger partial charge on any atom is 0.119 e. The van der Waals surface area contributed by atoms with Gasteiger partial charge in [-0.1, -0.05) is 32.0 Å². The van der Waals surface area contributed by atoms with E-state index in [1.54, 1.807) is 7.11 Å². The molecule has 1 saturated heterocycles. The van der Waals surface area contributed by atoms with Crippen LogP contribution in [-0.4, -0.2) is 36.7 Å². The predicted molar refractivity (Wildman–Crippen MR) is 104 cm³/mol. The summed E-state index contributed by atoms with van der Waals surface area (Å²) in [7, 11) is 1.79. The molecule has 0 spiro atoms. The Morgan fingerprint density at radius 1 is 1.19 bits per heavy atom. The van der Waals surface area contributed by atoms with E-state index in [-0.39, 0.29) is 6.10 Å². The number of ether oxygens (including phenoxy) is 2. The minimum atomic E-state index is 0.0712. The normalized spacial score (nSPS) is 19.0. The van der Waals surface area contributed by atoms with Gasteiger partial charge < -0.3 is 9.47 Å². The van der Waals surface area contributed by atoms with Gasteiger partial charge in [-0.05, 0) is 48.7 Å². The van der Waals surface area contributed by atoms with Gasteiger partial charge in [0.2, 0.25) is 0 Å². The van der Waals surface area contributed by atoms with Crippen LogP contribution in [0.15, 0.2) is 48.7 Å². The summed E-state index contributed by atoms with van der Waals surface area (Å²) in [6.45, 7) is 8.17. The fourth-order valence-electron chi connectivity index (χ4n) is 3.61. The summed E-state index contributed by atoms with van der Waals surface area (Å²) in [6, 6.07) is 14.5. The molecule has 0 radical (unpaired) electrons. The van der Waals surface area contributed by atoms with Crippen molar-refractivity contribution in [3.05, 3.63) is 59.9 Å². The molecule has 1 aliphatic rings. The quantitative estimate of drug-likeness (QED) is 0.707. The minimum Gasteiger partial charge on any atom is -0.493 e. The predicted octanol–water partition coefficient (Wildman–Crippen LogP) is 4.33. The Labute approximate surface area is 157 Å². The van der Waals surface area contributed by atoms with Crippen molar-refractivity contribution in [1.82, 2.24) is 9.88 Å². The molecule has 26 heavy (non-hydrogen) atoms. The van der Waals surface area contributed by atoms with Gasteiger partial charge in [-0.25, -0.2) is 0 Å². The lowest BCUT2D eigenvalue weighted by Gasteiger charge is -2.22. The van der Waals surface area contributed by atoms with Crippen LogP contribution in [0.4, 0.5) is 0 Å². The largest absolute Gasteiger partial charge is 0.493 e. The second kappa shape index (κ2) is 9.15. The molecule has 0 aliphatic carbocycles. The highest BCUT2D eigenvalue weighted by Crippen LogP contribution is 2.32. The van der Waals surface area contributed by atoms with Crippen LogP contribution in [0.3, 0.4) is 0 Å². The molecule has 3 rings (SSSR count). The number of methoxy groups -OCH3 is 1. The first-order valence-electron chi connectivity index (χ1n) is 9.53. The van der Waals surface area contributed by atoms with E-state index in [1.165, 1.54) is 5.56 Å². The molecule has 2 unspecified atom stereocenters. The highest BCUT2D eigenvalue weighted by atomic mass is 16.5. The lowest BCUT2D eigenvalue weighted by atomic mass is 9.98. The third-order valence-corrected chi connectivity index (χ3v) is 4.86. The zero-order chi connectivity index (χ0) is 18.4. The van der Waals surface area contributed by atoms with Gasteiger partial charge in [0.25, 0.3) is 0 Å². The second-order valence-corrected chi connectivity index (χ2v) is 7.55. The molecule has 0 saturated carbocycles. The molecule has 1 aromatic carbocycles. The summed E-state index contributed by atoms with van der Waals surface area (Å²) in [5.74, 6) is 1.99. The fourth-order valence-corrected chi connectivity index (χ4v) is 3.61. The number of rotatable bonds is 8. The zero-order valence-corrected chi connectivity index (χ0v) is 16.1. The standard InChI is InChI=1S/C22H30N2O2/c1-17(2)16-26-20-8-6-7-18(13-20)14-24-12-10-19(15-24)22(25-3)21-9-4-5-11-23-21/h4-9,11,13,17,19,22H,10,12,14-16H2,1-3H3. The van der Waals surface area contributed by atoms with Crippen molar-refractivity contribution in [3.63, 3.8) is 0 Å². The molecule has 1 aliphatic heterocycles. The van der Waals surface area contributed by atoms with E-state index in [4.69, 9.17) is 9.47 Å². The molecule has 2 aromatic rings. The summed E-state index contributed by atoms with van der Waals surface area (Å²) in [5, 5.41) is 0. The molecule has 4 nitrogen and oxygen atoms in total. The van der Waals surface area contributed by atoms with Crippen LogP contribution >= 0.6 is 0 Å². The van der Waals surface area contributed by atoms with Crippen molar-refractivity contribution in [1.29, 1.82) is 0 Å². The average Bonchev–Trinajstić information content (AvgIpc) is 3.10. The lowest BCUT2D eigenvalue weighted by molar-refractivity contribution is 0.0504. The number of hydrogen-bond acceptors (Lipinski definition) is 4. The van der Waals surface area contributed by atoms with E-state index < -0.39 is 0 Å². The number of hydrogen-bond donors (Lipinski definition) is 0. The second-order valence-electron chi connectivity index (χ2n) is 7.55. The Hall–Kier alpha value is -1.91. The molecule has 1 fully saturated rings. The third-order valence-electron chi connectivity index (χ3n) is 4.86. The summed E-state index contributed by atoms with van der Waals surface area (Å²) >= 11 is 0. The van der Waals surface area contributed by atoms with Crippen molar-refractivity contribution in [3.8, 4) is 5.75 Å². The highest BCUT2D eigenvalue weighted by Gasteiger charge is 2.31. The molecule has 0 amide bonds. The van der Waals surface area contributed by atoms with Gasteiger partial charge in [0, 0.05) is 32.3 Å². The van der Waals surface area contributed by atoms with Crippen molar-refractivity contribution < 1.29 is 9.47 Å². The van der Waals surface area contributed by atoms with Gasteiger partial charge in [0.15, 0.2) is 0 Å². The molecular weight excluding hydrogens is 324 g/mol. The minimum absolute atomic E-state index is 0.0712. The number of benzene rings is 1. The van der Waals surface area contributed by atoms with E-state index >= 15 is 0 Å². The van der Waals surface area contributed by atoms with Crippen molar-refractivity contribution in [2.75, 3.05) is 26.8 Å². The number of pyridine rings is 1. The van der Waals surface area contributed by atoms with E-state index in [0.29, 0.717) is 11.8 Å². The number of nitrogens with zero attached hydrogens (tertiary/aromatic N) is 2. The molecule has 2 heterocycles. The van der Waals surface area contributed by atoms with Gasteiger partial charge in [-0.15, -0.1) is 0 Å². The molecule has 0 bridgehead atoms. The summed E-state index contributed by atoms with van der Waals surface area (Å²) in [6.07, 6.45) is 3.05. The van der Waals surface area contributed by atoms with Crippen LogP contribution in [0.1, 0.15) is 37.6 Å². The number of aromatic nitrogens is 1. The van der Waals surface area contributed by atoms with Crippen LogP contribution in [0.25, 0.3) is 0 Å². The maximum atomic E-state index is 5.86.